The Hall–Kier alpha value is -2.30. The molecule has 0 fully saturated rings. The molecule has 0 unspecified atom stereocenters. The first-order chi connectivity index (χ1) is 8.72. The van der Waals surface area contributed by atoms with E-state index in [1.807, 2.05) is 18.2 Å². The molecule has 0 saturated carbocycles. The molecular formula is C13H15N3O2. The van der Waals surface area contributed by atoms with Crippen LogP contribution in [-0.2, 0) is 9.53 Å². The van der Waals surface area contributed by atoms with Crippen molar-refractivity contribution in [2.45, 2.75) is 6.42 Å². The Morgan fingerprint density at radius 2 is 2.22 bits per heavy atom. The van der Waals surface area contributed by atoms with Crippen molar-refractivity contribution in [1.82, 2.24) is 4.98 Å². The number of hydrogen-bond acceptors (Lipinski definition) is 5. The van der Waals surface area contributed by atoms with Crippen LogP contribution in [0.25, 0.3) is 10.8 Å². The van der Waals surface area contributed by atoms with Crippen LogP contribution in [0.5, 0.6) is 0 Å². The average molecular weight is 245 g/mol. The number of nitrogens with two attached hydrogens (primary N) is 1. The maximum absolute atomic E-state index is 11.0. The van der Waals surface area contributed by atoms with E-state index in [2.05, 4.69) is 15.0 Å². The zero-order chi connectivity index (χ0) is 13.0. The highest BCUT2D eigenvalue weighted by Gasteiger charge is 2.05. The fraction of sp³-hybridized carbons (Fsp3) is 0.231. The normalized spacial score (nSPS) is 10.3. The molecule has 18 heavy (non-hydrogen) atoms. The monoisotopic (exact) mass is 245 g/mol. The zero-order valence-corrected chi connectivity index (χ0v) is 10.1. The van der Waals surface area contributed by atoms with Crippen LogP contribution in [0.2, 0.25) is 0 Å². The van der Waals surface area contributed by atoms with Crippen LogP contribution in [0, 0.1) is 0 Å². The minimum Gasteiger partial charge on any atom is -0.469 e. The zero-order valence-electron chi connectivity index (χ0n) is 10.1. The first kappa shape index (κ1) is 12.2. The third-order valence-corrected chi connectivity index (χ3v) is 2.72. The molecule has 0 atom stereocenters. The molecule has 2 aromatic rings. The molecule has 5 nitrogen and oxygen atoms in total. The van der Waals surface area contributed by atoms with Gasteiger partial charge in [-0.05, 0) is 18.2 Å². The lowest BCUT2D eigenvalue weighted by molar-refractivity contribution is -0.140. The maximum Gasteiger partial charge on any atom is 0.307 e. The summed E-state index contributed by atoms with van der Waals surface area (Å²) in [5.74, 6) is -0.236. The fourth-order valence-corrected chi connectivity index (χ4v) is 1.77. The Balaban J connectivity index is 2.18. The largest absolute Gasteiger partial charge is 0.469 e. The summed E-state index contributed by atoms with van der Waals surface area (Å²) in [6.45, 7) is 0.514. The molecule has 5 heteroatoms. The van der Waals surface area contributed by atoms with Crippen LogP contribution in [0.4, 0.5) is 11.4 Å². The van der Waals surface area contributed by atoms with Gasteiger partial charge in [0, 0.05) is 41.1 Å². The van der Waals surface area contributed by atoms with E-state index in [0.717, 1.165) is 16.5 Å². The van der Waals surface area contributed by atoms with Crippen molar-refractivity contribution in [2.24, 2.45) is 0 Å². The Labute approximate surface area is 105 Å². The summed E-state index contributed by atoms with van der Waals surface area (Å²) in [7, 11) is 1.38. The number of benzene rings is 1. The summed E-state index contributed by atoms with van der Waals surface area (Å²) in [4.78, 5) is 15.1. The van der Waals surface area contributed by atoms with Gasteiger partial charge in [-0.2, -0.15) is 0 Å². The highest BCUT2D eigenvalue weighted by molar-refractivity contribution is 6.00. The molecule has 3 N–H and O–H groups in total. The predicted molar refractivity (Wildman–Crippen MR) is 71.3 cm³/mol. The second kappa shape index (κ2) is 5.35. The topological polar surface area (TPSA) is 77.2 Å². The molecule has 0 aliphatic carbocycles. The van der Waals surface area contributed by atoms with Gasteiger partial charge in [0.05, 0.1) is 13.5 Å². The summed E-state index contributed by atoms with van der Waals surface area (Å²) in [5.41, 5.74) is 7.52. The van der Waals surface area contributed by atoms with E-state index >= 15 is 0 Å². The first-order valence-electron chi connectivity index (χ1n) is 5.65. The van der Waals surface area contributed by atoms with Gasteiger partial charge in [0.1, 0.15) is 0 Å². The van der Waals surface area contributed by atoms with Gasteiger partial charge in [-0.3, -0.25) is 9.78 Å². The average Bonchev–Trinajstić information content (AvgIpc) is 2.41. The van der Waals surface area contributed by atoms with Crippen molar-refractivity contribution in [3.05, 3.63) is 30.6 Å². The third-order valence-electron chi connectivity index (χ3n) is 2.72. The van der Waals surface area contributed by atoms with Gasteiger partial charge in [-0.25, -0.2) is 0 Å². The summed E-state index contributed by atoms with van der Waals surface area (Å²) in [6, 6.07) is 5.59. The van der Waals surface area contributed by atoms with Gasteiger partial charge in [0.2, 0.25) is 0 Å². The lowest BCUT2D eigenvalue weighted by atomic mass is 10.1. The van der Waals surface area contributed by atoms with E-state index in [-0.39, 0.29) is 5.97 Å². The molecule has 0 radical (unpaired) electrons. The van der Waals surface area contributed by atoms with E-state index in [1.54, 1.807) is 12.4 Å². The molecule has 0 aliphatic rings. The van der Waals surface area contributed by atoms with E-state index in [9.17, 15) is 4.79 Å². The maximum atomic E-state index is 11.0. The summed E-state index contributed by atoms with van der Waals surface area (Å²) < 4.78 is 4.58. The van der Waals surface area contributed by atoms with Crippen LogP contribution >= 0.6 is 0 Å². The number of nitrogens with one attached hydrogen (secondary N) is 1. The minimum absolute atomic E-state index is 0.236. The SMILES string of the molecule is COC(=O)CCNc1ccc(N)c2ccncc12. The predicted octanol–water partition coefficient (Wildman–Crippen LogP) is 1.79. The van der Waals surface area contributed by atoms with Crippen molar-refractivity contribution in [3.63, 3.8) is 0 Å². The molecule has 0 aliphatic heterocycles. The van der Waals surface area contributed by atoms with Gasteiger partial charge < -0.3 is 15.8 Å². The van der Waals surface area contributed by atoms with Gasteiger partial charge in [0.15, 0.2) is 0 Å². The van der Waals surface area contributed by atoms with Crippen LogP contribution in [0.1, 0.15) is 6.42 Å². The number of methoxy groups -OCH3 is 1. The second-order valence-electron chi connectivity index (χ2n) is 3.88. The molecular weight excluding hydrogens is 230 g/mol. The number of anilines is 2. The van der Waals surface area contributed by atoms with E-state index < -0.39 is 0 Å². The smallest absolute Gasteiger partial charge is 0.307 e. The number of carbonyl (C=O) groups excluding carboxylic acids is 1. The number of aromatic nitrogens is 1. The number of carbonyl (C=O) groups is 1. The molecule has 1 aromatic carbocycles. The molecule has 2 rings (SSSR count). The van der Waals surface area contributed by atoms with Gasteiger partial charge in [-0.15, -0.1) is 0 Å². The summed E-state index contributed by atoms with van der Waals surface area (Å²) in [5, 5.41) is 5.08. The Bertz CT molecular complexity index is 569. The second-order valence-corrected chi connectivity index (χ2v) is 3.88. The molecule has 94 valence electrons. The number of ether oxygens (including phenoxy) is 1. The van der Waals surface area contributed by atoms with Crippen molar-refractivity contribution in [3.8, 4) is 0 Å². The molecule has 1 heterocycles. The van der Waals surface area contributed by atoms with Crippen LogP contribution in [-0.4, -0.2) is 24.6 Å². The highest BCUT2D eigenvalue weighted by atomic mass is 16.5. The molecule has 0 amide bonds. The number of rotatable bonds is 4. The molecule has 0 saturated heterocycles. The fourth-order valence-electron chi connectivity index (χ4n) is 1.77. The Morgan fingerprint density at radius 3 is 3.00 bits per heavy atom. The van der Waals surface area contributed by atoms with Gasteiger partial charge >= 0.3 is 5.97 Å². The van der Waals surface area contributed by atoms with Crippen molar-refractivity contribution in [1.29, 1.82) is 0 Å². The van der Waals surface area contributed by atoms with Crippen LogP contribution in [0.15, 0.2) is 30.6 Å². The van der Waals surface area contributed by atoms with E-state index in [0.29, 0.717) is 18.7 Å². The standard InChI is InChI=1S/C13H15N3O2/c1-18-13(17)5-7-16-12-3-2-11(14)9-4-6-15-8-10(9)12/h2-4,6,8,16H,5,7,14H2,1H3. The number of pyridine rings is 1. The number of nitrogen functional groups attached to an aromatic ring is 1. The third kappa shape index (κ3) is 2.51. The number of hydrogen-bond donors (Lipinski definition) is 2. The van der Waals surface area contributed by atoms with Crippen molar-refractivity contribution in [2.75, 3.05) is 24.7 Å². The van der Waals surface area contributed by atoms with Gasteiger partial charge in [0.25, 0.3) is 0 Å². The molecule has 0 spiro atoms. The Morgan fingerprint density at radius 1 is 1.39 bits per heavy atom. The van der Waals surface area contributed by atoms with Crippen LogP contribution in [0.3, 0.4) is 0 Å². The number of fused-ring (bicyclic) bond motifs is 1. The highest BCUT2D eigenvalue weighted by Crippen LogP contribution is 2.27. The minimum atomic E-state index is -0.236. The van der Waals surface area contributed by atoms with E-state index in [1.165, 1.54) is 7.11 Å². The molecule has 1 aromatic heterocycles. The number of nitrogens with zero attached hydrogens (tertiary/aromatic N) is 1. The molecule has 0 bridgehead atoms. The van der Waals surface area contributed by atoms with Gasteiger partial charge in [-0.1, -0.05) is 0 Å². The summed E-state index contributed by atoms with van der Waals surface area (Å²) >= 11 is 0. The lowest BCUT2D eigenvalue weighted by Gasteiger charge is -2.10. The quantitative estimate of drug-likeness (QED) is 0.634. The summed E-state index contributed by atoms with van der Waals surface area (Å²) in [6.07, 6.45) is 3.78. The van der Waals surface area contributed by atoms with Crippen molar-refractivity contribution >= 4 is 28.1 Å². The number of esters is 1. The first-order valence-corrected chi connectivity index (χ1v) is 5.65. The van der Waals surface area contributed by atoms with Crippen molar-refractivity contribution < 1.29 is 9.53 Å². The Kier molecular flexibility index (Phi) is 3.62. The van der Waals surface area contributed by atoms with Crippen LogP contribution < -0.4 is 11.1 Å². The van der Waals surface area contributed by atoms with E-state index in [4.69, 9.17) is 5.73 Å². The lowest BCUT2D eigenvalue weighted by Crippen LogP contribution is -2.10.